The van der Waals surface area contributed by atoms with E-state index < -0.39 is 0 Å². The minimum Gasteiger partial charge on any atom is -0.294 e. The molecular formula is C12H14O. The zero-order valence-corrected chi connectivity index (χ0v) is 8.08. The summed E-state index contributed by atoms with van der Waals surface area (Å²) < 4.78 is 0. The summed E-state index contributed by atoms with van der Waals surface area (Å²) in [4.78, 5) is 11.8. The summed E-state index contributed by atoms with van der Waals surface area (Å²) in [7, 11) is 0. The van der Waals surface area contributed by atoms with Gasteiger partial charge in [0.05, 0.1) is 0 Å². The maximum Gasteiger partial charge on any atom is 0.166 e. The Kier molecular flexibility index (Phi) is 1.95. The second kappa shape index (κ2) is 2.99. The van der Waals surface area contributed by atoms with Crippen LogP contribution in [0.25, 0.3) is 0 Å². The molecule has 2 rings (SSSR count). The summed E-state index contributed by atoms with van der Waals surface area (Å²) >= 11 is 0. The molecule has 0 radical (unpaired) electrons. The van der Waals surface area contributed by atoms with Crippen molar-refractivity contribution in [2.45, 2.75) is 20.3 Å². The van der Waals surface area contributed by atoms with E-state index in [1.54, 1.807) is 0 Å². The molecule has 68 valence electrons. The van der Waals surface area contributed by atoms with Crippen molar-refractivity contribution in [1.82, 2.24) is 0 Å². The lowest BCUT2D eigenvalue weighted by molar-refractivity contribution is 0.0906. The average molecular weight is 174 g/mol. The molecule has 1 heteroatoms. The largest absolute Gasteiger partial charge is 0.294 e. The molecule has 0 N–H and O–H groups in total. The van der Waals surface area contributed by atoms with Crippen LogP contribution in [0.4, 0.5) is 0 Å². The highest BCUT2D eigenvalue weighted by molar-refractivity contribution is 6.02. The molecule has 13 heavy (non-hydrogen) atoms. The molecule has 0 heterocycles. The number of fused-ring (bicyclic) bond motifs is 1. The molecule has 0 unspecified atom stereocenters. The van der Waals surface area contributed by atoms with Gasteiger partial charge in [-0.05, 0) is 17.9 Å². The predicted molar refractivity (Wildman–Crippen MR) is 52.8 cm³/mol. The smallest absolute Gasteiger partial charge is 0.166 e. The Morgan fingerprint density at radius 3 is 2.62 bits per heavy atom. The van der Waals surface area contributed by atoms with Gasteiger partial charge in [0.25, 0.3) is 0 Å². The SMILES string of the molecule is CC(C)[C@@H]1Cc2ccccc2C1=O. The van der Waals surface area contributed by atoms with E-state index in [4.69, 9.17) is 0 Å². The van der Waals surface area contributed by atoms with E-state index in [1.807, 2.05) is 18.2 Å². The van der Waals surface area contributed by atoms with Crippen molar-refractivity contribution in [3.63, 3.8) is 0 Å². The minimum atomic E-state index is 0.220. The highest BCUT2D eigenvalue weighted by Gasteiger charge is 2.31. The summed E-state index contributed by atoms with van der Waals surface area (Å²) in [5, 5.41) is 0. The monoisotopic (exact) mass is 174 g/mol. The normalized spacial score (nSPS) is 20.8. The Labute approximate surface area is 78.8 Å². The Hall–Kier alpha value is -1.11. The molecule has 1 aromatic rings. The molecule has 0 saturated heterocycles. The van der Waals surface area contributed by atoms with E-state index in [0.29, 0.717) is 11.7 Å². The van der Waals surface area contributed by atoms with Gasteiger partial charge < -0.3 is 0 Å². The van der Waals surface area contributed by atoms with Crippen LogP contribution in [0.2, 0.25) is 0 Å². The van der Waals surface area contributed by atoms with Crippen molar-refractivity contribution in [3.8, 4) is 0 Å². The molecule has 0 aromatic heterocycles. The van der Waals surface area contributed by atoms with Gasteiger partial charge in [-0.3, -0.25) is 4.79 Å². The van der Waals surface area contributed by atoms with Gasteiger partial charge >= 0.3 is 0 Å². The number of ketones is 1. The summed E-state index contributed by atoms with van der Waals surface area (Å²) in [5.41, 5.74) is 2.17. The average Bonchev–Trinajstić information content (AvgIpc) is 2.45. The van der Waals surface area contributed by atoms with Crippen LogP contribution >= 0.6 is 0 Å². The Morgan fingerprint density at radius 1 is 1.31 bits per heavy atom. The standard InChI is InChI=1S/C12H14O/c1-8(2)11-7-9-5-3-4-6-10(9)12(11)13/h3-6,8,11H,7H2,1-2H3/t11-/m0/s1. The van der Waals surface area contributed by atoms with Crippen molar-refractivity contribution in [2.75, 3.05) is 0 Å². The van der Waals surface area contributed by atoms with E-state index in [0.717, 1.165) is 12.0 Å². The highest BCUT2D eigenvalue weighted by Crippen LogP contribution is 2.30. The molecule has 0 aliphatic heterocycles. The van der Waals surface area contributed by atoms with E-state index in [9.17, 15) is 4.79 Å². The summed E-state index contributed by atoms with van der Waals surface area (Å²) in [6.45, 7) is 4.24. The topological polar surface area (TPSA) is 17.1 Å². The second-order valence-corrected chi connectivity index (χ2v) is 4.08. The van der Waals surface area contributed by atoms with Gasteiger partial charge in [0.15, 0.2) is 5.78 Å². The van der Waals surface area contributed by atoms with E-state index in [2.05, 4.69) is 19.9 Å². The molecule has 1 aliphatic carbocycles. The van der Waals surface area contributed by atoms with Gasteiger partial charge in [-0.2, -0.15) is 0 Å². The van der Waals surface area contributed by atoms with Crippen molar-refractivity contribution in [1.29, 1.82) is 0 Å². The zero-order valence-electron chi connectivity index (χ0n) is 8.08. The van der Waals surface area contributed by atoms with Crippen LogP contribution < -0.4 is 0 Å². The first-order chi connectivity index (χ1) is 6.20. The number of hydrogen-bond donors (Lipinski definition) is 0. The Bertz CT molecular complexity index is 339. The van der Waals surface area contributed by atoms with Crippen molar-refractivity contribution in [2.24, 2.45) is 11.8 Å². The van der Waals surface area contributed by atoms with Gasteiger partial charge in [-0.1, -0.05) is 38.1 Å². The first-order valence-electron chi connectivity index (χ1n) is 4.82. The molecule has 0 bridgehead atoms. The van der Waals surface area contributed by atoms with Gasteiger partial charge in [0, 0.05) is 11.5 Å². The van der Waals surface area contributed by atoms with Crippen molar-refractivity contribution >= 4 is 5.78 Å². The number of carbonyl (C=O) groups excluding carboxylic acids is 1. The third kappa shape index (κ3) is 1.28. The summed E-state index contributed by atoms with van der Waals surface area (Å²) in [6, 6.07) is 7.96. The molecule has 0 spiro atoms. The number of Topliss-reactive ketones (excluding diaryl/α,β-unsaturated/α-hetero) is 1. The van der Waals surface area contributed by atoms with Gasteiger partial charge in [-0.15, -0.1) is 0 Å². The summed E-state index contributed by atoms with van der Waals surface area (Å²) in [5.74, 6) is 1.02. The zero-order chi connectivity index (χ0) is 9.42. The lowest BCUT2D eigenvalue weighted by Crippen LogP contribution is -2.15. The van der Waals surface area contributed by atoms with Crippen LogP contribution in [0, 0.1) is 11.8 Å². The van der Waals surface area contributed by atoms with Gasteiger partial charge in [-0.25, -0.2) is 0 Å². The van der Waals surface area contributed by atoms with E-state index in [-0.39, 0.29) is 5.92 Å². The molecular weight excluding hydrogens is 160 g/mol. The molecule has 1 aromatic carbocycles. The van der Waals surface area contributed by atoms with Crippen molar-refractivity contribution in [3.05, 3.63) is 35.4 Å². The fraction of sp³-hybridized carbons (Fsp3) is 0.417. The first-order valence-corrected chi connectivity index (χ1v) is 4.82. The lowest BCUT2D eigenvalue weighted by atomic mass is 9.92. The fourth-order valence-corrected chi connectivity index (χ4v) is 2.01. The second-order valence-electron chi connectivity index (χ2n) is 4.08. The Balaban J connectivity index is 2.38. The van der Waals surface area contributed by atoms with Crippen LogP contribution in [0.5, 0.6) is 0 Å². The van der Waals surface area contributed by atoms with Crippen LogP contribution in [0.1, 0.15) is 29.8 Å². The molecule has 1 nitrogen and oxygen atoms in total. The maximum absolute atomic E-state index is 11.8. The Morgan fingerprint density at radius 2 is 2.00 bits per heavy atom. The summed E-state index contributed by atoms with van der Waals surface area (Å²) in [6.07, 6.45) is 0.937. The fourth-order valence-electron chi connectivity index (χ4n) is 2.01. The van der Waals surface area contributed by atoms with Crippen LogP contribution in [0.3, 0.4) is 0 Å². The number of hydrogen-bond acceptors (Lipinski definition) is 1. The number of carbonyl (C=O) groups is 1. The predicted octanol–water partition coefficient (Wildman–Crippen LogP) is 2.70. The third-order valence-electron chi connectivity index (χ3n) is 2.86. The molecule has 0 amide bonds. The molecule has 1 aliphatic rings. The number of benzene rings is 1. The highest BCUT2D eigenvalue weighted by atomic mass is 16.1. The van der Waals surface area contributed by atoms with E-state index in [1.165, 1.54) is 5.56 Å². The lowest BCUT2D eigenvalue weighted by Gasteiger charge is -2.10. The van der Waals surface area contributed by atoms with E-state index >= 15 is 0 Å². The number of rotatable bonds is 1. The van der Waals surface area contributed by atoms with Crippen molar-refractivity contribution < 1.29 is 4.79 Å². The van der Waals surface area contributed by atoms with Crippen LogP contribution in [0.15, 0.2) is 24.3 Å². The minimum absolute atomic E-state index is 0.220. The molecule has 0 fully saturated rings. The third-order valence-corrected chi connectivity index (χ3v) is 2.86. The van der Waals surface area contributed by atoms with Gasteiger partial charge in [0.2, 0.25) is 0 Å². The van der Waals surface area contributed by atoms with Crippen LogP contribution in [-0.4, -0.2) is 5.78 Å². The van der Waals surface area contributed by atoms with Gasteiger partial charge in [0.1, 0.15) is 0 Å². The first kappa shape index (κ1) is 8.49. The van der Waals surface area contributed by atoms with Crippen LogP contribution in [-0.2, 0) is 6.42 Å². The molecule has 0 saturated carbocycles. The quantitative estimate of drug-likeness (QED) is 0.639. The molecule has 1 atom stereocenters. The maximum atomic E-state index is 11.8.